The lowest BCUT2D eigenvalue weighted by Crippen LogP contribution is -2.50. The molecule has 114 valence electrons. The van der Waals surface area contributed by atoms with E-state index in [-0.39, 0.29) is 23.4 Å². The summed E-state index contributed by atoms with van der Waals surface area (Å²) in [7, 11) is 0. The highest BCUT2D eigenvalue weighted by Gasteiger charge is 2.42. The summed E-state index contributed by atoms with van der Waals surface area (Å²) in [5.74, 6) is -0.102. The fraction of sp³-hybridized carbons (Fsp3) is 0.588. The number of halogens is 1. The van der Waals surface area contributed by atoms with E-state index in [1.165, 1.54) is 6.07 Å². The number of hydrogen-bond acceptors (Lipinski definition) is 2. The number of carbonyl (C=O) groups is 1. The van der Waals surface area contributed by atoms with Crippen molar-refractivity contribution < 1.29 is 13.9 Å². The Balaban J connectivity index is 1.76. The molecule has 2 aliphatic rings. The van der Waals surface area contributed by atoms with Gasteiger partial charge in [0.05, 0.1) is 0 Å². The average molecular weight is 291 g/mol. The summed E-state index contributed by atoms with van der Waals surface area (Å²) >= 11 is 0. The van der Waals surface area contributed by atoms with Gasteiger partial charge in [-0.1, -0.05) is 12.1 Å². The van der Waals surface area contributed by atoms with Crippen molar-refractivity contribution in [3.63, 3.8) is 0 Å². The molecule has 2 aliphatic heterocycles. The molecule has 0 spiro atoms. The first kappa shape index (κ1) is 14.5. The Morgan fingerprint density at radius 2 is 2.33 bits per heavy atom. The van der Waals surface area contributed by atoms with Gasteiger partial charge >= 0.3 is 0 Å². The fourth-order valence-corrected chi connectivity index (χ4v) is 3.62. The van der Waals surface area contributed by atoms with Crippen molar-refractivity contribution in [2.24, 2.45) is 0 Å². The molecule has 3 nitrogen and oxygen atoms in total. The Morgan fingerprint density at radius 1 is 1.48 bits per heavy atom. The molecule has 4 heteroatoms. The zero-order chi connectivity index (χ0) is 14.9. The second kappa shape index (κ2) is 5.76. The number of rotatable bonds is 3. The second-order valence-corrected chi connectivity index (χ2v) is 6.40. The summed E-state index contributed by atoms with van der Waals surface area (Å²) in [6.07, 6.45) is 4.18. The minimum atomic E-state index is -0.269. The first-order chi connectivity index (χ1) is 10.1. The molecule has 1 aromatic rings. The van der Waals surface area contributed by atoms with Crippen LogP contribution in [0.15, 0.2) is 24.3 Å². The van der Waals surface area contributed by atoms with E-state index >= 15 is 0 Å². The molecule has 2 atom stereocenters. The van der Waals surface area contributed by atoms with E-state index in [1.54, 1.807) is 12.1 Å². The maximum absolute atomic E-state index is 13.4. The minimum absolute atomic E-state index is 0.115. The van der Waals surface area contributed by atoms with Crippen molar-refractivity contribution >= 4 is 5.91 Å². The van der Waals surface area contributed by atoms with Crippen molar-refractivity contribution in [2.45, 2.75) is 50.7 Å². The molecule has 0 radical (unpaired) electrons. The van der Waals surface area contributed by atoms with Gasteiger partial charge in [0.25, 0.3) is 5.91 Å². The molecule has 0 aliphatic carbocycles. The molecule has 0 N–H and O–H groups in total. The van der Waals surface area contributed by atoms with Crippen molar-refractivity contribution in [2.75, 3.05) is 13.2 Å². The Kier molecular flexibility index (Phi) is 3.98. The summed E-state index contributed by atoms with van der Waals surface area (Å²) < 4.78 is 18.9. The molecule has 1 aromatic carbocycles. The lowest BCUT2D eigenvalue weighted by Gasteiger charge is -2.37. The van der Waals surface area contributed by atoms with E-state index in [9.17, 15) is 9.18 Å². The predicted octanol–water partition coefficient (Wildman–Crippen LogP) is 2.93. The third-order valence-electron chi connectivity index (χ3n) is 4.69. The van der Waals surface area contributed by atoms with Gasteiger partial charge < -0.3 is 9.64 Å². The Morgan fingerprint density at radius 3 is 3.05 bits per heavy atom. The number of benzene rings is 1. The van der Waals surface area contributed by atoms with Crippen molar-refractivity contribution in [1.29, 1.82) is 0 Å². The van der Waals surface area contributed by atoms with Gasteiger partial charge in [-0.15, -0.1) is 0 Å². The summed E-state index contributed by atoms with van der Waals surface area (Å²) in [4.78, 5) is 14.6. The Bertz CT molecular complexity index is 527. The SMILES string of the molecule is CC1(Cc2cccc(F)c2)CCCN1C(=O)[C@H]1CCCO1. The molecule has 2 fully saturated rings. The van der Waals surface area contributed by atoms with E-state index in [0.29, 0.717) is 13.0 Å². The zero-order valence-corrected chi connectivity index (χ0v) is 12.5. The minimum Gasteiger partial charge on any atom is -0.368 e. The lowest BCUT2D eigenvalue weighted by molar-refractivity contribution is -0.144. The number of likely N-dealkylation sites (tertiary alicyclic amines) is 1. The van der Waals surface area contributed by atoms with Gasteiger partial charge in [-0.05, 0) is 56.7 Å². The first-order valence-corrected chi connectivity index (χ1v) is 7.76. The molecule has 0 bridgehead atoms. The van der Waals surface area contributed by atoms with Crippen LogP contribution in [0.3, 0.4) is 0 Å². The molecular weight excluding hydrogens is 269 g/mol. The summed E-state index contributed by atoms with van der Waals surface area (Å²) in [6.45, 7) is 3.58. The van der Waals surface area contributed by atoms with Crippen LogP contribution >= 0.6 is 0 Å². The van der Waals surface area contributed by atoms with Gasteiger partial charge in [-0.2, -0.15) is 0 Å². The van der Waals surface area contributed by atoms with Crippen molar-refractivity contribution in [3.05, 3.63) is 35.6 Å². The maximum Gasteiger partial charge on any atom is 0.252 e. The highest BCUT2D eigenvalue weighted by atomic mass is 19.1. The topological polar surface area (TPSA) is 29.5 Å². The van der Waals surface area contributed by atoms with Gasteiger partial charge in [0.1, 0.15) is 11.9 Å². The number of carbonyl (C=O) groups excluding carboxylic acids is 1. The van der Waals surface area contributed by atoms with Crippen LogP contribution in [0, 0.1) is 5.82 Å². The highest BCUT2D eigenvalue weighted by molar-refractivity contribution is 5.82. The molecule has 2 heterocycles. The second-order valence-electron chi connectivity index (χ2n) is 6.40. The summed E-state index contributed by atoms with van der Waals surface area (Å²) in [5, 5.41) is 0. The van der Waals surface area contributed by atoms with Gasteiger partial charge in [0.15, 0.2) is 0 Å². The molecule has 3 rings (SSSR count). The van der Waals surface area contributed by atoms with Crippen LogP contribution in [0.25, 0.3) is 0 Å². The number of nitrogens with zero attached hydrogens (tertiary/aromatic N) is 1. The van der Waals surface area contributed by atoms with Crippen LogP contribution in [0.4, 0.5) is 4.39 Å². The van der Waals surface area contributed by atoms with Crippen LogP contribution in [-0.2, 0) is 16.0 Å². The quantitative estimate of drug-likeness (QED) is 0.857. The van der Waals surface area contributed by atoms with E-state index in [1.807, 2.05) is 11.0 Å². The molecule has 0 aromatic heterocycles. The van der Waals surface area contributed by atoms with E-state index in [4.69, 9.17) is 4.74 Å². The monoisotopic (exact) mass is 291 g/mol. The standard InChI is InChI=1S/C17H22FNO2/c1-17(12-13-5-2-6-14(18)11-13)8-4-9-19(17)16(20)15-7-3-10-21-15/h2,5-6,11,15H,3-4,7-10,12H2,1H3/t15-,17?/m1/s1. The van der Waals surface area contributed by atoms with Crippen molar-refractivity contribution in [3.8, 4) is 0 Å². The normalized spacial score (nSPS) is 29.0. The number of ether oxygens (including phenoxy) is 1. The van der Waals surface area contributed by atoms with Gasteiger partial charge in [0, 0.05) is 18.7 Å². The highest BCUT2D eigenvalue weighted by Crippen LogP contribution is 2.34. The van der Waals surface area contributed by atoms with Gasteiger partial charge in [-0.3, -0.25) is 4.79 Å². The van der Waals surface area contributed by atoms with Gasteiger partial charge in [-0.25, -0.2) is 4.39 Å². The van der Waals surface area contributed by atoms with Crippen LogP contribution in [-0.4, -0.2) is 35.6 Å². The molecule has 2 saturated heterocycles. The summed E-state index contributed by atoms with van der Waals surface area (Å²) in [6, 6.07) is 6.69. The van der Waals surface area contributed by atoms with E-state index in [0.717, 1.165) is 37.8 Å². The number of amides is 1. The molecule has 1 amide bonds. The van der Waals surface area contributed by atoms with Crippen LogP contribution in [0.5, 0.6) is 0 Å². The smallest absolute Gasteiger partial charge is 0.252 e. The Labute approximate surface area is 125 Å². The van der Waals surface area contributed by atoms with Gasteiger partial charge in [0.2, 0.25) is 0 Å². The third-order valence-corrected chi connectivity index (χ3v) is 4.69. The van der Waals surface area contributed by atoms with Crippen LogP contribution in [0.2, 0.25) is 0 Å². The summed E-state index contributed by atoms with van der Waals surface area (Å²) in [5.41, 5.74) is 0.723. The van der Waals surface area contributed by atoms with E-state index in [2.05, 4.69) is 6.92 Å². The van der Waals surface area contributed by atoms with Crippen LogP contribution in [0.1, 0.15) is 38.2 Å². The molecule has 21 heavy (non-hydrogen) atoms. The van der Waals surface area contributed by atoms with E-state index < -0.39 is 0 Å². The zero-order valence-electron chi connectivity index (χ0n) is 12.5. The maximum atomic E-state index is 13.4. The molecule has 1 unspecified atom stereocenters. The van der Waals surface area contributed by atoms with Crippen molar-refractivity contribution in [1.82, 2.24) is 4.90 Å². The third kappa shape index (κ3) is 2.95. The largest absolute Gasteiger partial charge is 0.368 e. The predicted molar refractivity (Wildman–Crippen MR) is 78.4 cm³/mol. The molecular formula is C17H22FNO2. The Hall–Kier alpha value is -1.42. The average Bonchev–Trinajstić information content (AvgIpc) is 3.07. The fourth-order valence-electron chi connectivity index (χ4n) is 3.62. The molecule has 0 saturated carbocycles. The lowest BCUT2D eigenvalue weighted by atomic mass is 9.89. The van der Waals surface area contributed by atoms with Crippen LogP contribution < -0.4 is 0 Å². The first-order valence-electron chi connectivity index (χ1n) is 7.76. The number of hydrogen-bond donors (Lipinski definition) is 0.